The van der Waals surface area contributed by atoms with Crippen molar-refractivity contribution in [1.82, 2.24) is 15.1 Å². The lowest BCUT2D eigenvalue weighted by Crippen LogP contribution is -2.29. The van der Waals surface area contributed by atoms with Crippen LogP contribution >= 0.6 is 0 Å². The van der Waals surface area contributed by atoms with Crippen molar-refractivity contribution in [2.75, 3.05) is 13.7 Å². The van der Waals surface area contributed by atoms with E-state index in [0.29, 0.717) is 28.8 Å². The van der Waals surface area contributed by atoms with E-state index in [2.05, 4.69) is 10.4 Å². The predicted octanol–water partition coefficient (Wildman–Crippen LogP) is 2.14. The lowest BCUT2D eigenvalue weighted by molar-refractivity contribution is 0.0951. The highest BCUT2D eigenvalue weighted by Crippen LogP contribution is 2.17. The molecule has 1 amide bonds. The summed E-state index contributed by atoms with van der Waals surface area (Å²) in [5.74, 6) is 0.368. The number of hydrogen-bond donors (Lipinski definition) is 1. The van der Waals surface area contributed by atoms with Gasteiger partial charge in [0.15, 0.2) is 5.69 Å². The van der Waals surface area contributed by atoms with Gasteiger partial charge in [-0.2, -0.15) is 9.78 Å². The van der Waals surface area contributed by atoms with E-state index < -0.39 is 0 Å². The van der Waals surface area contributed by atoms with E-state index in [1.54, 1.807) is 55.6 Å². The molecule has 3 rings (SSSR count). The monoisotopic (exact) mass is 323 g/mol. The van der Waals surface area contributed by atoms with Gasteiger partial charge in [-0.1, -0.05) is 18.2 Å². The normalized spacial score (nSPS) is 10.6. The van der Waals surface area contributed by atoms with Crippen LogP contribution in [-0.2, 0) is 0 Å². The fraction of sp³-hybridized carbons (Fsp3) is 0.167. The van der Waals surface area contributed by atoms with Crippen LogP contribution in [0.1, 0.15) is 17.4 Å². The van der Waals surface area contributed by atoms with Crippen LogP contribution in [-0.4, -0.2) is 29.3 Å². The zero-order chi connectivity index (χ0) is 17.1. The summed E-state index contributed by atoms with van der Waals surface area (Å²) >= 11 is 0. The molecule has 1 heterocycles. The minimum atomic E-state index is -0.309. The molecule has 0 unspecified atom stereocenters. The number of carbonyl (C=O) groups is 1. The Hall–Kier alpha value is -3.15. The van der Waals surface area contributed by atoms with Gasteiger partial charge in [0.2, 0.25) is 0 Å². The molecule has 1 aromatic heterocycles. The number of nitrogens with one attached hydrogen (secondary N) is 1. The van der Waals surface area contributed by atoms with Gasteiger partial charge in [-0.05, 0) is 37.3 Å². The fourth-order valence-electron chi connectivity index (χ4n) is 2.50. The van der Waals surface area contributed by atoms with Crippen molar-refractivity contribution in [1.29, 1.82) is 0 Å². The van der Waals surface area contributed by atoms with Crippen LogP contribution in [0.5, 0.6) is 5.75 Å². The van der Waals surface area contributed by atoms with Crippen molar-refractivity contribution in [2.24, 2.45) is 0 Å². The van der Waals surface area contributed by atoms with E-state index in [9.17, 15) is 9.59 Å². The van der Waals surface area contributed by atoms with E-state index in [1.165, 1.54) is 4.68 Å². The van der Waals surface area contributed by atoms with Gasteiger partial charge in [0.25, 0.3) is 11.5 Å². The van der Waals surface area contributed by atoms with E-state index in [-0.39, 0.29) is 17.2 Å². The van der Waals surface area contributed by atoms with Gasteiger partial charge in [-0.15, -0.1) is 0 Å². The maximum absolute atomic E-state index is 12.8. The molecule has 1 N–H and O–H groups in total. The average Bonchev–Trinajstić information content (AvgIpc) is 2.62. The summed E-state index contributed by atoms with van der Waals surface area (Å²) in [7, 11) is 1.57. The zero-order valence-electron chi connectivity index (χ0n) is 13.4. The predicted molar refractivity (Wildman–Crippen MR) is 91.9 cm³/mol. The lowest BCUT2D eigenvalue weighted by atomic mass is 10.1. The molecule has 0 radical (unpaired) electrons. The topological polar surface area (TPSA) is 73.2 Å². The second kappa shape index (κ2) is 6.54. The van der Waals surface area contributed by atoms with Gasteiger partial charge >= 0.3 is 0 Å². The van der Waals surface area contributed by atoms with Gasteiger partial charge in [0.05, 0.1) is 18.2 Å². The summed E-state index contributed by atoms with van der Waals surface area (Å²) in [6.45, 7) is 2.32. The molecule has 0 saturated carbocycles. The third kappa shape index (κ3) is 2.74. The first-order chi connectivity index (χ1) is 11.7. The summed E-state index contributed by atoms with van der Waals surface area (Å²) in [4.78, 5) is 25.1. The van der Waals surface area contributed by atoms with Gasteiger partial charge in [-0.3, -0.25) is 9.59 Å². The second-order valence-corrected chi connectivity index (χ2v) is 5.17. The van der Waals surface area contributed by atoms with E-state index in [1.807, 2.05) is 6.92 Å². The number of aromatic nitrogens is 2. The highest BCUT2D eigenvalue weighted by atomic mass is 16.5. The Balaban J connectivity index is 2.26. The number of carbonyl (C=O) groups excluding carboxylic acids is 1. The van der Waals surface area contributed by atoms with Crippen LogP contribution in [0.2, 0.25) is 0 Å². The van der Waals surface area contributed by atoms with Crippen LogP contribution in [0.3, 0.4) is 0 Å². The van der Waals surface area contributed by atoms with Crippen LogP contribution in [0.15, 0.2) is 53.3 Å². The first-order valence-corrected chi connectivity index (χ1v) is 7.60. The summed E-state index contributed by atoms with van der Waals surface area (Å²) in [5.41, 5.74) is 0.517. The Morgan fingerprint density at radius 2 is 1.79 bits per heavy atom. The maximum atomic E-state index is 12.8. The summed E-state index contributed by atoms with van der Waals surface area (Å²) in [6, 6.07) is 13.9. The average molecular weight is 323 g/mol. The summed E-state index contributed by atoms with van der Waals surface area (Å²) in [6.07, 6.45) is 0. The lowest BCUT2D eigenvalue weighted by Gasteiger charge is -2.11. The number of methoxy groups -OCH3 is 1. The minimum Gasteiger partial charge on any atom is -0.497 e. The van der Waals surface area contributed by atoms with Gasteiger partial charge in [0.1, 0.15) is 5.75 Å². The van der Waals surface area contributed by atoms with Crippen LogP contribution in [0.25, 0.3) is 16.5 Å². The number of amides is 1. The standard InChI is InChI=1S/C18H17N3O3/c1-3-19-17(22)16-14-6-4-5-7-15(14)18(23)21(20-16)12-8-10-13(24-2)11-9-12/h4-11H,3H2,1-2H3,(H,19,22). The molecule has 0 fully saturated rings. The Morgan fingerprint density at radius 3 is 2.42 bits per heavy atom. The molecular weight excluding hydrogens is 306 g/mol. The number of nitrogens with zero attached hydrogens (tertiary/aromatic N) is 2. The summed E-state index contributed by atoms with van der Waals surface area (Å²) in [5, 5.41) is 8.02. The molecule has 0 saturated heterocycles. The Labute approximate surface area is 138 Å². The van der Waals surface area contributed by atoms with Crippen LogP contribution < -0.4 is 15.6 Å². The van der Waals surface area contributed by atoms with E-state index in [4.69, 9.17) is 4.74 Å². The second-order valence-electron chi connectivity index (χ2n) is 5.17. The molecule has 0 atom stereocenters. The van der Waals surface area contributed by atoms with Gasteiger partial charge in [0, 0.05) is 11.9 Å². The smallest absolute Gasteiger partial charge is 0.279 e. The van der Waals surface area contributed by atoms with Crippen molar-refractivity contribution in [3.8, 4) is 11.4 Å². The van der Waals surface area contributed by atoms with Crippen molar-refractivity contribution in [2.45, 2.75) is 6.92 Å². The number of hydrogen-bond acceptors (Lipinski definition) is 4. The molecule has 6 heteroatoms. The molecular formula is C18H17N3O3. The molecule has 6 nitrogen and oxygen atoms in total. The number of ether oxygens (including phenoxy) is 1. The van der Waals surface area contributed by atoms with Crippen molar-refractivity contribution < 1.29 is 9.53 Å². The third-order valence-electron chi connectivity index (χ3n) is 3.67. The molecule has 2 aromatic carbocycles. The molecule has 0 bridgehead atoms. The molecule has 3 aromatic rings. The summed E-state index contributed by atoms with van der Waals surface area (Å²) < 4.78 is 6.37. The van der Waals surface area contributed by atoms with Crippen LogP contribution in [0, 0.1) is 0 Å². The number of benzene rings is 2. The zero-order valence-corrected chi connectivity index (χ0v) is 13.4. The maximum Gasteiger partial charge on any atom is 0.279 e. The van der Waals surface area contributed by atoms with Crippen molar-refractivity contribution in [3.63, 3.8) is 0 Å². The highest BCUT2D eigenvalue weighted by Gasteiger charge is 2.16. The fourth-order valence-corrected chi connectivity index (χ4v) is 2.50. The van der Waals surface area contributed by atoms with Crippen LogP contribution in [0.4, 0.5) is 0 Å². The van der Waals surface area contributed by atoms with Crippen molar-refractivity contribution >= 4 is 16.7 Å². The number of rotatable bonds is 4. The highest BCUT2D eigenvalue weighted by molar-refractivity contribution is 6.04. The van der Waals surface area contributed by atoms with Gasteiger partial charge < -0.3 is 10.1 Å². The first-order valence-electron chi connectivity index (χ1n) is 7.60. The third-order valence-corrected chi connectivity index (χ3v) is 3.67. The Kier molecular flexibility index (Phi) is 4.29. The van der Waals surface area contributed by atoms with E-state index >= 15 is 0 Å². The SMILES string of the molecule is CCNC(=O)c1nn(-c2ccc(OC)cc2)c(=O)c2ccccc12. The largest absolute Gasteiger partial charge is 0.497 e. The molecule has 0 aliphatic rings. The van der Waals surface area contributed by atoms with Crippen molar-refractivity contribution in [3.05, 3.63) is 64.6 Å². The first kappa shape index (κ1) is 15.7. The Morgan fingerprint density at radius 1 is 1.12 bits per heavy atom. The Bertz CT molecular complexity index is 946. The number of fused-ring (bicyclic) bond motifs is 1. The minimum absolute atomic E-state index is 0.225. The molecule has 24 heavy (non-hydrogen) atoms. The molecule has 0 spiro atoms. The quantitative estimate of drug-likeness (QED) is 0.798. The molecule has 122 valence electrons. The molecule has 0 aliphatic heterocycles. The van der Waals surface area contributed by atoms with Gasteiger partial charge in [-0.25, -0.2) is 0 Å². The molecule has 0 aliphatic carbocycles. The van der Waals surface area contributed by atoms with E-state index in [0.717, 1.165) is 0 Å².